The number of halogens is 1. The highest BCUT2D eigenvalue weighted by molar-refractivity contribution is 6.30. The van der Waals surface area contributed by atoms with E-state index in [-0.39, 0.29) is 18.4 Å². The molecule has 2 aromatic carbocycles. The normalized spacial score (nSPS) is 10.1. The number of amides is 2. The molecular weight excluding hydrogens is 344 g/mol. The number of rotatable bonds is 6. The SMILES string of the molecule is COc1ccc(NC(C)=O)cc1NC(=O)COc1ccc(Cl)cc1C. The average Bonchev–Trinajstić information content (AvgIpc) is 2.54. The minimum Gasteiger partial charge on any atom is -0.495 e. The molecule has 0 fully saturated rings. The maximum Gasteiger partial charge on any atom is 0.262 e. The number of carbonyl (C=O) groups is 2. The van der Waals surface area contributed by atoms with Crippen LogP contribution in [0.5, 0.6) is 11.5 Å². The Hall–Kier alpha value is -2.73. The first-order chi connectivity index (χ1) is 11.9. The van der Waals surface area contributed by atoms with Crippen molar-refractivity contribution < 1.29 is 19.1 Å². The Balaban J connectivity index is 2.04. The van der Waals surface area contributed by atoms with Crippen molar-refractivity contribution in [2.45, 2.75) is 13.8 Å². The van der Waals surface area contributed by atoms with Gasteiger partial charge in [-0.2, -0.15) is 0 Å². The van der Waals surface area contributed by atoms with Crippen molar-refractivity contribution in [3.05, 3.63) is 47.0 Å². The minimum absolute atomic E-state index is 0.171. The number of aryl methyl sites for hydroxylation is 1. The number of carbonyl (C=O) groups excluding carboxylic acids is 2. The van der Waals surface area contributed by atoms with Crippen LogP contribution in [-0.2, 0) is 9.59 Å². The van der Waals surface area contributed by atoms with Crippen LogP contribution in [0.3, 0.4) is 0 Å². The van der Waals surface area contributed by atoms with E-state index in [9.17, 15) is 9.59 Å². The van der Waals surface area contributed by atoms with Crippen LogP contribution < -0.4 is 20.1 Å². The van der Waals surface area contributed by atoms with Gasteiger partial charge in [0.2, 0.25) is 5.91 Å². The molecule has 0 aliphatic heterocycles. The second-order valence-electron chi connectivity index (χ2n) is 5.34. The van der Waals surface area contributed by atoms with Crippen LogP contribution in [0, 0.1) is 6.92 Å². The smallest absolute Gasteiger partial charge is 0.262 e. The third-order valence-electron chi connectivity index (χ3n) is 3.29. The van der Waals surface area contributed by atoms with Crippen LogP contribution in [0.2, 0.25) is 5.02 Å². The third kappa shape index (κ3) is 5.39. The van der Waals surface area contributed by atoms with Crippen molar-refractivity contribution in [3.8, 4) is 11.5 Å². The topological polar surface area (TPSA) is 76.7 Å². The first-order valence-electron chi connectivity index (χ1n) is 7.53. The van der Waals surface area contributed by atoms with E-state index in [0.717, 1.165) is 5.56 Å². The zero-order chi connectivity index (χ0) is 18.4. The predicted octanol–water partition coefficient (Wildman–Crippen LogP) is 3.63. The quantitative estimate of drug-likeness (QED) is 0.822. The highest BCUT2D eigenvalue weighted by Crippen LogP contribution is 2.28. The van der Waals surface area contributed by atoms with Crippen LogP contribution in [0.1, 0.15) is 12.5 Å². The molecule has 0 radical (unpaired) electrons. The Morgan fingerprint density at radius 3 is 2.44 bits per heavy atom. The highest BCUT2D eigenvalue weighted by atomic mass is 35.5. The van der Waals surface area contributed by atoms with Gasteiger partial charge in [-0.3, -0.25) is 9.59 Å². The van der Waals surface area contributed by atoms with Crippen LogP contribution >= 0.6 is 11.6 Å². The number of hydrogen-bond donors (Lipinski definition) is 2. The molecular formula is C18H19ClN2O4. The van der Waals surface area contributed by atoms with Gasteiger partial charge in [0.05, 0.1) is 12.8 Å². The Morgan fingerprint density at radius 1 is 1.08 bits per heavy atom. The summed E-state index contributed by atoms with van der Waals surface area (Å²) in [6, 6.07) is 10.1. The largest absolute Gasteiger partial charge is 0.495 e. The van der Waals surface area contributed by atoms with Crippen LogP contribution in [0.4, 0.5) is 11.4 Å². The van der Waals surface area contributed by atoms with E-state index in [0.29, 0.717) is 27.9 Å². The lowest BCUT2D eigenvalue weighted by molar-refractivity contribution is -0.118. The van der Waals surface area contributed by atoms with Gasteiger partial charge in [0, 0.05) is 17.6 Å². The number of benzene rings is 2. The van der Waals surface area contributed by atoms with Gasteiger partial charge in [-0.15, -0.1) is 0 Å². The van der Waals surface area contributed by atoms with Crippen molar-refractivity contribution in [1.29, 1.82) is 0 Å². The summed E-state index contributed by atoms with van der Waals surface area (Å²) in [6.45, 7) is 3.08. The molecule has 7 heteroatoms. The molecule has 0 aromatic heterocycles. The zero-order valence-corrected chi connectivity index (χ0v) is 14.9. The molecule has 0 aliphatic rings. The van der Waals surface area contributed by atoms with Crippen LogP contribution in [0.15, 0.2) is 36.4 Å². The molecule has 0 unspecified atom stereocenters. The fraction of sp³-hybridized carbons (Fsp3) is 0.222. The molecule has 2 N–H and O–H groups in total. The van der Waals surface area contributed by atoms with Gasteiger partial charge in [0.15, 0.2) is 6.61 Å². The van der Waals surface area contributed by atoms with E-state index in [2.05, 4.69) is 10.6 Å². The van der Waals surface area contributed by atoms with Crippen LogP contribution in [0.25, 0.3) is 0 Å². The number of methoxy groups -OCH3 is 1. The van der Waals surface area contributed by atoms with E-state index in [1.54, 1.807) is 36.4 Å². The first-order valence-corrected chi connectivity index (χ1v) is 7.91. The Morgan fingerprint density at radius 2 is 1.80 bits per heavy atom. The summed E-state index contributed by atoms with van der Waals surface area (Å²) in [7, 11) is 1.50. The van der Waals surface area contributed by atoms with E-state index in [1.165, 1.54) is 14.0 Å². The molecule has 2 aromatic rings. The molecule has 0 saturated carbocycles. The summed E-state index contributed by atoms with van der Waals surface area (Å²) >= 11 is 5.89. The lowest BCUT2D eigenvalue weighted by atomic mass is 10.2. The Labute approximate surface area is 151 Å². The molecule has 0 saturated heterocycles. The Bertz CT molecular complexity index is 793. The van der Waals surface area contributed by atoms with Crippen LogP contribution in [-0.4, -0.2) is 25.5 Å². The lowest BCUT2D eigenvalue weighted by Gasteiger charge is -2.13. The van der Waals surface area contributed by atoms with E-state index >= 15 is 0 Å². The standard InChI is InChI=1S/C18H19ClN2O4/c1-11-8-13(19)4-6-16(11)25-10-18(23)21-15-9-14(20-12(2)22)5-7-17(15)24-3/h4-9H,10H2,1-3H3,(H,20,22)(H,21,23). The fourth-order valence-electron chi connectivity index (χ4n) is 2.19. The summed E-state index contributed by atoms with van der Waals surface area (Å²) in [4.78, 5) is 23.3. The van der Waals surface area contributed by atoms with Crippen molar-refractivity contribution in [2.24, 2.45) is 0 Å². The van der Waals surface area contributed by atoms with Crippen molar-refractivity contribution in [1.82, 2.24) is 0 Å². The highest BCUT2D eigenvalue weighted by Gasteiger charge is 2.11. The van der Waals surface area contributed by atoms with Gasteiger partial charge in [0.25, 0.3) is 5.91 Å². The fourth-order valence-corrected chi connectivity index (χ4v) is 2.42. The Kier molecular flexibility index (Phi) is 6.25. The van der Waals surface area contributed by atoms with E-state index in [4.69, 9.17) is 21.1 Å². The third-order valence-corrected chi connectivity index (χ3v) is 3.52. The average molecular weight is 363 g/mol. The van der Waals surface area contributed by atoms with Gasteiger partial charge in [-0.25, -0.2) is 0 Å². The molecule has 0 bridgehead atoms. The maximum absolute atomic E-state index is 12.2. The maximum atomic E-state index is 12.2. The molecule has 2 rings (SSSR count). The number of hydrogen-bond acceptors (Lipinski definition) is 4. The van der Waals surface area contributed by atoms with Gasteiger partial charge < -0.3 is 20.1 Å². The van der Waals surface area contributed by atoms with E-state index in [1.807, 2.05) is 6.92 Å². The van der Waals surface area contributed by atoms with Crippen molar-refractivity contribution >= 4 is 34.8 Å². The molecule has 2 amide bonds. The summed E-state index contributed by atoms with van der Waals surface area (Å²) in [6.07, 6.45) is 0. The molecule has 25 heavy (non-hydrogen) atoms. The molecule has 132 valence electrons. The van der Waals surface area contributed by atoms with Crippen molar-refractivity contribution in [3.63, 3.8) is 0 Å². The molecule has 0 atom stereocenters. The monoisotopic (exact) mass is 362 g/mol. The summed E-state index contributed by atoms with van der Waals surface area (Å²) in [5.74, 6) is 0.500. The van der Waals surface area contributed by atoms with Crippen molar-refractivity contribution in [2.75, 3.05) is 24.4 Å². The number of nitrogens with one attached hydrogen (secondary N) is 2. The number of ether oxygens (including phenoxy) is 2. The van der Waals surface area contributed by atoms with Gasteiger partial charge in [-0.05, 0) is 48.9 Å². The molecule has 0 heterocycles. The van der Waals surface area contributed by atoms with E-state index < -0.39 is 0 Å². The predicted molar refractivity (Wildman–Crippen MR) is 97.6 cm³/mol. The minimum atomic E-state index is -0.354. The summed E-state index contributed by atoms with van der Waals surface area (Å²) in [5, 5.41) is 5.97. The van der Waals surface area contributed by atoms with Gasteiger partial charge >= 0.3 is 0 Å². The zero-order valence-electron chi connectivity index (χ0n) is 14.2. The van der Waals surface area contributed by atoms with Gasteiger partial charge in [-0.1, -0.05) is 11.6 Å². The molecule has 0 spiro atoms. The number of anilines is 2. The second-order valence-corrected chi connectivity index (χ2v) is 5.78. The summed E-state index contributed by atoms with van der Waals surface area (Å²) in [5.41, 5.74) is 1.83. The van der Waals surface area contributed by atoms with Gasteiger partial charge in [0.1, 0.15) is 11.5 Å². The molecule has 6 nitrogen and oxygen atoms in total. The second kappa shape index (κ2) is 8.39. The molecule has 0 aliphatic carbocycles. The summed E-state index contributed by atoms with van der Waals surface area (Å²) < 4.78 is 10.7. The lowest BCUT2D eigenvalue weighted by Crippen LogP contribution is -2.21. The first kappa shape index (κ1) is 18.6.